The number of hydrogen-bond acceptors (Lipinski definition) is 3. The molecule has 0 aliphatic carbocycles. The van der Waals surface area contributed by atoms with Crippen LogP contribution in [0.4, 0.5) is 0 Å². The Morgan fingerprint density at radius 2 is 2.15 bits per heavy atom. The van der Waals surface area contributed by atoms with Gasteiger partial charge in [-0.25, -0.2) is 0 Å². The maximum absolute atomic E-state index is 9.12. The molecular formula is C10H21NO2. The molecule has 1 aliphatic heterocycles. The van der Waals surface area contributed by atoms with Gasteiger partial charge in [-0.05, 0) is 13.0 Å². The highest BCUT2D eigenvalue weighted by molar-refractivity contribution is 4.86. The van der Waals surface area contributed by atoms with Crippen molar-refractivity contribution in [2.45, 2.75) is 26.2 Å². The lowest BCUT2D eigenvalue weighted by Gasteiger charge is -2.40. The summed E-state index contributed by atoms with van der Waals surface area (Å²) in [4.78, 5) is 0. The van der Waals surface area contributed by atoms with E-state index in [2.05, 4.69) is 12.2 Å². The van der Waals surface area contributed by atoms with Gasteiger partial charge in [0.05, 0.1) is 25.2 Å². The van der Waals surface area contributed by atoms with Crippen molar-refractivity contribution in [1.82, 2.24) is 5.32 Å². The van der Waals surface area contributed by atoms with Crippen LogP contribution in [0.2, 0.25) is 0 Å². The Morgan fingerprint density at radius 3 is 2.62 bits per heavy atom. The van der Waals surface area contributed by atoms with E-state index in [4.69, 9.17) is 9.84 Å². The van der Waals surface area contributed by atoms with Crippen molar-refractivity contribution >= 4 is 0 Å². The quantitative estimate of drug-likeness (QED) is 0.579. The van der Waals surface area contributed by atoms with Gasteiger partial charge < -0.3 is 15.2 Å². The van der Waals surface area contributed by atoms with Gasteiger partial charge in [0.1, 0.15) is 0 Å². The molecule has 0 spiro atoms. The molecule has 2 N–H and O–H groups in total. The van der Waals surface area contributed by atoms with Crippen molar-refractivity contribution in [2.24, 2.45) is 5.41 Å². The second-order valence-corrected chi connectivity index (χ2v) is 4.03. The average molecular weight is 187 g/mol. The third-order valence-electron chi connectivity index (χ3n) is 2.61. The third-order valence-corrected chi connectivity index (χ3v) is 2.61. The van der Waals surface area contributed by atoms with Crippen LogP contribution in [0.3, 0.4) is 0 Å². The van der Waals surface area contributed by atoms with Gasteiger partial charge in [-0.3, -0.25) is 0 Å². The summed E-state index contributed by atoms with van der Waals surface area (Å²) in [6, 6.07) is 0. The first-order valence-corrected chi connectivity index (χ1v) is 5.22. The molecule has 0 bridgehead atoms. The lowest BCUT2D eigenvalue weighted by molar-refractivity contribution is -0.134. The lowest BCUT2D eigenvalue weighted by Crippen LogP contribution is -2.52. The molecule has 78 valence electrons. The van der Waals surface area contributed by atoms with Crippen LogP contribution in [0.5, 0.6) is 0 Å². The van der Waals surface area contributed by atoms with E-state index in [1.54, 1.807) is 0 Å². The van der Waals surface area contributed by atoms with E-state index >= 15 is 0 Å². The number of nitrogens with one attached hydrogen (secondary N) is 1. The fourth-order valence-corrected chi connectivity index (χ4v) is 1.49. The van der Waals surface area contributed by atoms with Crippen LogP contribution in [0, 0.1) is 5.41 Å². The summed E-state index contributed by atoms with van der Waals surface area (Å²) in [5.41, 5.74) is 0.0339. The maximum atomic E-state index is 9.12. The summed E-state index contributed by atoms with van der Waals surface area (Å²) in [7, 11) is 0. The SMILES string of the molecule is CCCCCNCC1(CO)COC1. The first-order valence-electron chi connectivity index (χ1n) is 5.22. The highest BCUT2D eigenvalue weighted by Gasteiger charge is 2.37. The van der Waals surface area contributed by atoms with Gasteiger partial charge in [0.2, 0.25) is 0 Å². The monoisotopic (exact) mass is 187 g/mol. The molecule has 1 aliphatic rings. The van der Waals surface area contributed by atoms with Crippen LogP contribution in [-0.2, 0) is 4.74 Å². The minimum atomic E-state index is 0.0339. The molecule has 0 atom stereocenters. The van der Waals surface area contributed by atoms with E-state index < -0.39 is 0 Å². The molecule has 0 radical (unpaired) electrons. The summed E-state index contributed by atoms with van der Waals surface area (Å²) >= 11 is 0. The van der Waals surface area contributed by atoms with Gasteiger partial charge in [-0.2, -0.15) is 0 Å². The van der Waals surface area contributed by atoms with E-state index in [1.807, 2.05) is 0 Å². The van der Waals surface area contributed by atoms with Crippen LogP contribution in [-0.4, -0.2) is 38.0 Å². The molecule has 0 unspecified atom stereocenters. The minimum Gasteiger partial charge on any atom is -0.396 e. The highest BCUT2D eigenvalue weighted by atomic mass is 16.5. The Labute approximate surface area is 80.5 Å². The number of rotatable bonds is 7. The molecule has 0 amide bonds. The Balaban J connectivity index is 1.98. The van der Waals surface area contributed by atoms with Crippen LogP contribution in [0.15, 0.2) is 0 Å². The van der Waals surface area contributed by atoms with Gasteiger partial charge in [0.15, 0.2) is 0 Å². The summed E-state index contributed by atoms with van der Waals surface area (Å²) in [6.45, 7) is 5.83. The van der Waals surface area contributed by atoms with Crippen LogP contribution in [0.1, 0.15) is 26.2 Å². The fourth-order valence-electron chi connectivity index (χ4n) is 1.49. The van der Waals surface area contributed by atoms with Crippen molar-refractivity contribution in [3.8, 4) is 0 Å². The molecule has 1 saturated heterocycles. The Morgan fingerprint density at radius 1 is 1.38 bits per heavy atom. The number of unbranched alkanes of at least 4 members (excludes halogenated alkanes) is 2. The van der Waals surface area contributed by atoms with Crippen LogP contribution in [0.25, 0.3) is 0 Å². The smallest absolute Gasteiger partial charge is 0.0579 e. The summed E-state index contributed by atoms with van der Waals surface area (Å²) < 4.78 is 5.11. The van der Waals surface area contributed by atoms with E-state index in [-0.39, 0.29) is 12.0 Å². The molecule has 0 saturated carbocycles. The van der Waals surface area contributed by atoms with E-state index in [1.165, 1.54) is 19.3 Å². The number of ether oxygens (including phenoxy) is 1. The van der Waals surface area contributed by atoms with E-state index in [9.17, 15) is 0 Å². The summed E-state index contributed by atoms with van der Waals surface area (Å²) in [5.74, 6) is 0. The standard InChI is InChI=1S/C10H21NO2/c1-2-3-4-5-11-6-10(7-12)8-13-9-10/h11-12H,2-9H2,1H3. The lowest BCUT2D eigenvalue weighted by atomic mass is 9.87. The van der Waals surface area contributed by atoms with Crippen molar-refractivity contribution in [2.75, 3.05) is 32.9 Å². The topological polar surface area (TPSA) is 41.5 Å². The zero-order chi connectivity index (χ0) is 9.57. The molecule has 0 aromatic rings. The van der Waals surface area contributed by atoms with Gasteiger partial charge in [-0.1, -0.05) is 19.8 Å². The number of aliphatic hydroxyl groups is 1. The zero-order valence-corrected chi connectivity index (χ0v) is 8.51. The fraction of sp³-hybridized carbons (Fsp3) is 1.00. The van der Waals surface area contributed by atoms with Crippen molar-refractivity contribution in [3.63, 3.8) is 0 Å². The largest absolute Gasteiger partial charge is 0.396 e. The molecule has 0 aromatic heterocycles. The number of aliphatic hydroxyl groups excluding tert-OH is 1. The predicted molar refractivity (Wildman–Crippen MR) is 52.7 cm³/mol. The molecule has 3 heteroatoms. The Bertz CT molecular complexity index is 129. The van der Waals surface area contributed by atoms with Crippen molar-refractivity contribution in [3.05, 3.63) is 0 Å². The van der Waals surface area contributed by atoms with Gasteiger partial charge >= 0.3 is 0 Å². The second kappa shape index (κ2) is 5.58. The second-order valence-electron chi connectivity index (χ2n) is 4.03. The molecule has 1 heterocycles. The molecular weight excluding hydrogens is 166 g/mol. The first kappa shape index (κ1) is 11.0. The van der Waals surface area contributed by atoms with E-state index in [0.29, 0.717) is 13.2 Å². The van der Waals surface area contributed by atoms with Crippen LogP contribution < -0.4 is 5.32 Å². The van der Waals surface area contributed by atoms with Gasteiger partial charge in [-0.15, -0.1) is 0 Å². The zero-order valence-electron chi connectivity index (χ0n) is 8.51. The minimum absolute atomic E-state index is 0.0339. The van der Waals surface area contributed by atoms with Crippen LogP contribution >= 0.6 is 0 Å². The highest BCUT2D eigenvalue weighted by Crippen LogP contribution is 2.25. The number of hydrogen-bond donors (Lipinski definition) is 2. The predicted octanol–water partition coefficient (Wildman–Crippen LogP) is 0.775. The normalized spacial score (nSPS) is 19.8. The van der Waals surface area contributed by atoms with Gasteiger partial charge in [0.25, 0.3) is 0 Å². The maximum Gasteiger partial charge on any atom is 0.0579 e. The molecule has 3 nitrogen and oxygen atoms in total. The molecule has 1 fully saturated rings. The summed E-state index contributed by atoms with van der Waals surface area (Å²) in [6.07, 6.45) is 3.78. The van der Waals surface area contributed by atoms with Gasteiger partial charge in [0, 0.05) is 6.54 Å². The van der Waals surface area contributed by atoms with Crippen molar-refractivity contribution < 1.29 is 9.84 Å². The molecule has 0 aromatic carbocycles. The van der Waals surface area contributed by atoms with E-state index in [0.717, 1.165) is 13.1 Å². The average Bonchev–Trinajstić information content (AvgIpc) is 2.09. The van der Waals surface area contributed by atoms with Crippen molar-refractivity contribution in [1.29, 1.82) is 0 Å². The summed E-state index contributed by atoms with van der Waals surface area (Å²) in [5, 5.41) is 12.5. The Kier molecular flexibility index (Phi) is 4.70. The Hall–Kier alpha value is -0.120. The first-order chi connectivity index (χ1) is 6.33. The third kappa shape index (κ3) is 3.25. The molecule has 13 heavy (non-hydrogen) atoms. The molecule has 1 rings (SSSR count).